The van der Waals surface area contributed by atoms with Crippen molar-refractivity contribution in [2.24, 2.45) is 11.8 Å². The molecular weight excluding hydrogens is 342 g/mol. The highest BCUT2D eigenvalue weighted by atomic mass is 32.2. The average molecular weight is 369 g/mol. The van der Waals surface area contributed by atoms with Crippen molar-refractivity contribution in [2.45, 2.75) is 37.8 Å². The summed E-state index contributed by atoms with van der Waals surface area (Å²) in [5, 5.41) is 0. The first-order valence-electron chi connectivity index (χ1n) is 9.35. The molecule has 8 heteroatoms. The minimum atomic E-state index is -3.47. The number of fused-ring (bicyclic) bond motifs is 6. The van der Waals surface area contributed by atoms with Crippen LogP contribution in [0.1, 0.15) is 25.7 Å². The van der Waals surface area contributed by atoms with Gasteiger partial charge in [0.1, 0.15) is 0 Å². The smallest absolute Gasteiger partial charge is 0.211 e. The number of sulfonamides is 1. The van der Waals surface area contributed by atoms with Gasteiger partial charge in [-0.1, -0.05) is 0 Å². The average Bonchev–Trinajstić information content (AvgIpc) is 2.59. The van der Waals surface area contributed by atoms with Crippen LogP contribution in [-0.2, 0) is 19.6 Å². The van der Waals surface area contributed by atoms with Gasteiger partial charge < -0.3 is 0 Å². The molecule has 6 aliphatic heterocycles. The predicted molar refractivity (Wildman–Crippen MR) is 92.6 cm³/mol. The number of hydrogen-bond acceptors (Lipinski definition) is 6. The second-order valence-electron chi connectivity index (χ2n) is 8.04. The Hall–Kier alpha value is -0.830. The van der Waals surface area contributed by atoms with E-state index in [1.54, 1.807) is 0 Å². The van der Waals surface area contributed by atoms with Crippen LogP contribution in [0.15, 0.2) is 0 Å². The van der Waals surface area contributed by atoms with E-state index >= 15 is 0 Å². The summed E-state index contributed by atoms with van der Waals surface area (Å²) in [4.78, 5) is 29.4. The van der Waals surface area contributed by atoms with Crippen molar-refractivity contribution in [3.05, 3.63) is 0 Å². The van der Waals surface area contributed by atoms with Crippen molar-refractivity contribution in [2.75, 3.05) is 45.5 Å². The summed E-state index contributed by atoms with van der Waals surface area (Å²) in [6, 6.07) is -0.679. The highest BCUT2D eigenvalue weighted by Gasteiger charge is 2.45. The van der Waals surface area contributed by atoms with Crippen LogP contribution in [0.25, 0.3) is 0 Å². The normalized spacial score (nSPS) is 40.9. The number of carbonyl (C=O) groups excluding carboxylic acids is 2. The van der Waals surface area contributed by atoms with Gasteiger partial charge in [0.25, 0.3) is 0 Å². The van der Waals surface area contributed by atoms with E-state index in [1.165, 1.54) is 10.6 Å². The van der Waals surface area contributed by atoms with E-state index in [4.69, 9.17) is 0 Å². The second-order valence-corrected chi connectivity index (χ2v) is 10.0. The second kappa shape index (κ2) is 6.40. The summed E-state index contributed by atoms with van der Waals surface area (Å²) in [5.74, 6) is 0.547. The molecule has 6 saturated heterocycles. The summed E-state index contributed by atoms with van der Waals surface area (Å²) >= 11 is 0. The number of ketones is 2. The maximum atomic E-state index is 12.6. The van der Waals surface area contributed by atoms with Gasteiger partial charge in [-0.05, 0) is 51.9 Å². The van der Waals surface area contributed by atoms with Crippen molar-refractivity contribution >= 4 is 21.6 Å². The van der Waals surface area contributed by atoms with Gasteiger partial charge in [-0.25, -0.2) is 8.42 Å². The molecule has 0 radical (unpaired) electrons. The Morgan fingerprint density at radius 3 is 1.48 bits per heavy atom. The van der Waals surface area contributed by atoms with E-state index in [0.717, 1.165) is 51.9 Å². The number of rotatable bonds is 5. The van der Waals surface area contributed by atoms with Gasteiger partial charge >= 0.3 is 0 Å². The van der Waals surface area contributed by atoms with Crippen LogP contribution in [0.5, 0.6) is 0 Å². The predicted octanol–water partition coefficient (Wildman–Crippen LogP) is -0.425. The third kappa shape index (κ3) is 3.18. The van der Waals surface area contributed by atoms with Crippen LogP contribution in [0.2, 0.25) is 0 Å². The van der Waals surface area contributed by atoms with Crippen molar-refractivity contribution in [3.8, 4) is 0 Å². The molecule has 0 amide bonds. The molecule has 0 saturated carbocycles. The fourth-order valence-electron chi connectivity index (χ4n) is 5.04. The molecule has 0 N–H and O–H groups in total. The van der Waals surface area contributed by atoms with E-state index in [0.29, 0.717) is 0 Å². The molecule has 4 bridgehead atoms. The van der Waals surface area contributed by atoms with Gasteiger partial charge in [-0.15, -0.1) is 0 Å². The molecule has 6 fully saturated rings. The molecule has 0 aromatic heterocycles. The lowest BCUT2D eigenvalue weighted by Crippen LogP contribution is -2.63. The lowest BCUT2D eigenvalue weighted by Gasteiger charge is -2.47. The number of hydrogen-bond donors (Lipinski definition) is 0. The summed E-state index contributed by atoms with van der Waals surface area (Å²) in [6.07, 6.45) is 4.76. The Balaban J connectivity index is 1.51. The first-order chi connectivity index (χ1) is 11.8. The zero-order chi connectivity index (χ0) is 17.8. The van der Waals surface area contributed by atoms with E-state index in [2.05, 4.69) is 9.80 Å². The van der Waals surface area contributed by atoms with E-state index < -0.39 is 10.0 Å². The molecule has 0 aromatic carbocycles. The number of piperidine rings is 6. The van der Waals surface area contributed by atoms with Gasteiger partial charge in [0.05, 0.1) is 18.3 Å². The third-order valence-electron chi connectivity index (χ3n) is 6.62. The fraction of sp³-hybridized carbons (Fsp3) is 0.882. The van der Waals surface area contributed by atoms with E-state index in [9.17, 15) is 18.0 Å². The first-order valence-corrected chi connectivity index (χ1v) is 11.2. The number of carbonyl (C=O) groups is 2. The van der Waals surface area contributed by atoms with Crippen molar-refractivity contribution in [1.29, 1.82) is 0 Å². The van der Waals surface area contributed by atoms with E-state index in [-0.39, 0.29) is 48.6 Å². The summed E-state index contributed by atoms with van der Waals surface area (Å²) < 4.78 is 26.1. The van der Waals surface area contributed by atoms with Crippen molar-refractivity contribution in [3.63, 3.8) is 0 Å². The Kier molecular flexibility index (Phi) is 4.50. The Labute approximate surface area is 149 Å². The van der Waals surface area contributed by atoms with Crippen LogP contribution in [0, 0.1) is 11.8 Å². The molecule has 6 aliphatic rings. The molecule has 6 heterocycles. The number of nitrogens with zero attached hydrogens (tertiary/aromatic N) is 3. The number of Topliss-reactive ketones (excluding diaryl/α,β-unsaturated/α-hetero) is 2. The molecule has 7 nitrogen and oxygen atoms in total. The maximum Gasteiger partial charge on any atom is 0.211 e. The highest BCUT2D eigenvalue weighted by Crippen LogP contribution is 2.32. The van der Waals surface area contributed by atoms with Crippen LogP contribution >= 0.6 is 0 Å². The fourth-order valence-corrected chi connectivity index (χ4v) is 5.86. The van der Waals surface area contributed by atoms with Crippen LogP contribution in [-0.4, -0.2) is 91.7 Å². The largest absolute Gasteiger partial charge is 0.298 e. The summed E-state index contributed by atoms with van der Waals surface area (Å²) in [5.41, 5.74) is 0. The zero-order valence-electron chi connectivity index (χ0n) is 14.8. The standard InChI is InChI=1S/C17H27N3O4S/c1-25(23,24)20(10-14-16(21)12-2-6-18(14)7-3-12)11-15-17(22)13-4-8-19(15)9-5-13/h12-15H,2-11H2,1H3. The topological polar surface area (TPSA) is 78.0 Å². The monoisotopic (exact) mass is 369 g/mol. The molecule has 2 unspecified atom stereocenters. The lowest BCUT2D eigenvalue weighted by molar-refractivity contribution is -0.138. The minimum absolute atomic E-state index is 0.0903. The molecule has 6 rings (SSSR count). The summed E-state index contributed by atoms with van der Waals surface area (Å²) in [7, 11) is -3.47. The van der Waals surface area contributed by atoms with Crippen molar-refractivity contribution < 1.29 is 18.0 Å². The van der Waals surface area contributed by atoms with Crippen LogP contribution in [0.3, 0.4) is 0 Å². The minimum Gasteiger partial charge on any atom is -0.298 e. The molecule has 0 aromatic rings. The molecular formula is C17H27N3O4S. The van der Waals surface area contributed by atoms with Crippen molar-refractivity contribution in [1.82, 2.24) is 14.1 Å². The van der Waals surface area contributed by atoms with Gasteiger partial charge in [-0.2, -0.15) is 4.31 Å². The molecule has 140 valence electrons. The summed E-state index contributed by atoms with van der Waals surface area (Å²) in [6.45, 7) is 3.86. The Bertz CT molecular complexity index is 621. The van der Waals surface area contributed by atoms with E-state index in [1.807, 2.05) is 0 Å². The van der Waals surface area contributed by atoms with Gasteiger partial charge in [0, 0.05) is 24.9 Å². The first kappa shape index (κ1) is 17.6. The molecule has 25 heavy (non-hydrogen) atoms. The molecule has 0 aliphatic carbocycles. The Morgan fingerprint density at radius 2 is 1.20 bits per heavy atom. The van der Waals surface area contributed by atoms with Crippen LogP contribution in [0.4, 0.5) is 0 Å². The SMILES string of the molecule is CS(=O)(=O)N(CC1C(=O)C2CCN1CC2)CC1C(=O)C2CCN1CC2. The lowest BCUT2D eigenvalue weighted by atomic mass is 9.81. The zero-order valence-corrected chi connectivity index (χ0v) is 15.6. The third-order valence-corrected chi connectivity index (χ3v) is 7.86. The Morgan fingerprint density at radius 1 is 0.840 bits per heavy atom. The quantitative estimate of drug-likeness (QED) is 0.655. The highest BCUT2D eigenvalue weighted by molar-refractivity contribution is 7.88. The maximum absolute atomic E-state index is 12.6. The van der Waals surface area contributed by atoms with Gasteiger partial charge in [0.15, 0.2) is 11.6 Å². The van der Waals surface area contributed by atoms with Gasteiger partial charge in [-0.3, -0.25) is 19.4 Å². The van der Waals surface area contributed by atoms with Crippen LogP contribution < -0.4 is 0 Å². The van der Waals surface area contributed by atoms with Gasteiger partial charge in [0.2, 0.25) is 10.0 Å². The molecule has 2 atom stereocenters. The molecule has 0 spiro atoms.